The van der Waals surface area contributed by atoms with Crippen LogP contribution in [0, 0.1) is 0 Å². The van der Waals surface area contributed by atoms with E-state index < -0.39 is 25.9 Å². The number of carbonyl (C=O) groups excluding carboxylic acids is 1. The first-order valence-corrected chi connectivity index (χ1v) is 16.5. The van der Waals surface area contributed by atoms with Gasteiger partial charge in [-0.3, -0.25) is 4.79 Å². The summed E-state index contributed by atoms with van der Waals surface area (Å²) < 4.78 is 13.7. The maximum Gasteiger partial charge on any atom is 0.386 e. The van der Waals surface area contributed by atoms with Gasteiger partial charge >= 0.3 is 8.56 Å². The fourth-order valence-corrected chi connectivity index (χ4v) is 13.8. The Hall–Kier alpha value is -1.58. The second kappa shape index (κ2) is 9.07. The second-order valence-electron chi connectivity index (χ2n) is 7.60. The molecule has 0 amide bonds. The Morgan fingerprint density at radius 2 is 1.41 bits per heavy atom. The zero-order chi connectivity index (χ0) is 20.1. The van der Waals surface area contributed by atoms with E-state index in [0.29, 0.717) is 11.6 Å². The molecular formula is C21H29O3Si3. The Morgan fingerprint density at radius 1 is 0.963 bits per heavy atom. The molecule has 0 atom stereocenters. The molecule has 0 unspecified atom stereocenters. The lowest BCUT2D eigenvalue weighted by Gasteiger charge is -2.39. The van der Waals surface area contributed by atoms with Crippen LogP contribution >= 0.6 is 0 Å². The summed E-state index contributed by atoms with van der Waals surface area (Å²) >= 11 is 0. The third-order valence-corrected chi connectivity index (χ3v) is 13.6. The van der Waals surface area contributed by atoms with Crippen LogP contribution in [0.3, 0.4) is 0 Å². The topological polar surface area (TPSA) is 35.5 Å². The summed E-state index contributed by atoms with van der Waals surface area (Å²) in [7, 11) is -6.32. The van der Waals surface area contributed by atoms with Gasteiger partial charge in [-0.1, -0.05) is 67.2 Å². The summed E-state index contributed by atoms with van der Waals surface area (Å²) in [6.07, 6.45) is 0. The minimum absolute atomic E-state index is 0.0780. The molecule has 0 saturated carbocycles. The molecule has 27 heavy (non-hydrogen) atoms. The zero-order valence-corrected chi connectivity index (χ0v) is 19.9. The average Bonchev–Trinajstić information content (AvgIpc) is 2.61. The number of Topliss-reactive ketones (excluding diaryl/α,β-unsaturated/α-hetero) is 1. The minimum atomic E-state index is -2.92. The van der Waals surface area contributed by atoms with E-state index >= 15 is 0 Å². The summed E-state index contributed by atoms with van der Waals surface area (Å²) in [6.45, 7) is 14.0. The molecule has 0 spiro atoms. The number of hydrogen-bond acceptors (Lipinski definition) is 3. The second-order valence-corrected chi connectivity index (χ2v) is 17.3. The molecule has 0 N–H and O–H groups in total. The van der Waals surface area contributed by atoms with Crippen LogP contribution in [0.5, 0.6) is 0 Å². The van der Waals surface area contributed by atoms with Crippen molar-refractivity contribution in [2.45, 2.75) is 39.2 Å². The molecule has 0 aliphatic rings. The van der Waals surface area contributed by atoms with Gasteiger partial charge in [0.15, 0.2) is 23.1 Å². The number of allylic oxidation sites excluding steroid dienone is 1. The van der Waals surface area contributed by atoms with Crippen LogP contribution < -0.4 is 10.4 Å². The number of ketones is 1. The third kappa shape index (κ3) is 5.70. The standard InChI is InChI=1S/C21H29O3Si3/c1-18(2)21(22)17-26(5,6)24-27(23-25(3)4,19-13-9-7-10-14-19)20-15-11-8-12-16-20/h7-16H,1,17H2,2-6H3. The van der Waals surface area contributed by atoms with Crippen LogP contribution in [0.4, 0.5) is 0 Å². The molecule has 0 saturated heterocycles. The number of carbonyl (C=O) groups is 1. The highest BCUT2D eigenvalue weighted by atomic mass is 28.5. The highest BCUT2D eigenvalue weighted by Gasteiger charge is 2.48. The highest BCUT2D eigenvalue weighted by molar-refractivity contribution is 7.01. The molecule has 0 fully saturated rings. The lowest BCUT2D eigenvalue weighted by Crippen LogP contribution is -2.68. The Kier molecular flexibility index (Phi) is 7.30. The summed E-state index contributed by atoms with van der Waals surface area (Å²) in [4.78, 5) is 12.4. The van der Waals surface area contributed by atoms with Crippen molar-refractivity contribution < 1.29 is 13.0 Å². The Labute approximate surface area is 167 Å². The summed E-state index contributed by atoms with van der Waals surface area (Å²) in [6, 6.07) is 20.9. The molecule has 0 aliphatic heterocycles. The van der Waals surface area contributed by atoms with Gasteiger partial charge in [0, 0.05) is 6.04 Å². The smallest absolute Gasteiger partial charge is 0.386 e. The first-order valence-electron chi connectivity index (χ1n) is 9.15. The molecule has 0 aromatic heterocycles. The van der Waals surface area contributed by atoms with E-state index in [-0.39, 0.29) is 5.78 Å². The van der Waals surface area contributed by atoms with Gasteiger partial charge in [-0.25, -0.2) is 0 Å². The molecule has 3 nitrogen and oxygen atoms in total. The zero-order valence-electron chi connectivity index (χ0n) is 16.9. The van der Waals surface area contributed by atoms with Crippen LogP contribution in [-0.2, 0) is 13.0 Å². The molecule has 0 aliphatic carbocycles. The van der Waals surface area contributed by atoms with Crippen LogP contribution in [0.2, 0.25) is 32.2 Å². The molecule has 2 rings (SSSR count). The van der Waals surface area contributed by atoms with Crippen molar-refractivity contribution in [3.63, 3.8) is 0 Å². The maximum absolute atomic E-state index is 12.4. The minimum Gasteiger partial charge on any atom is -0.430 e. The lowest BCUT2D eigenvalue weighted by atomic mass is 10.2. The first kappa shape index (κ1) is 21.7. The van der Waals surface area contributed by atoms with E-state index in [9.17, 15) is 4.79 Å². The average molecular weight is 414 g/mol. The molecule has 0 bridgehead atoms. The van der Waals surface area contributed by atoms with Crippen molar-refractivity contribution in [1.29, 1.82) is 0 Å². The number of rotatable bonds is 9. The molecule has 2 aromatic rings. The van der Waals surface area contributed by atoms with Crippen LogP contribution in [0.1, 0.15) is 6.92 Å². The Balaban J connectivity index is 2.57. The number of hydrogen-bond donors (Lipinski definition) is 0. The van der Waals surface area contributed by atoms with E-state index in [0.717, 1.165) is 10.4 Å². The monoisotopic (exact) mass is 413 g/mol. The van der Waals surface area contributed by atoms with Gasteiger partial charge in [-0.05, 0) is 49.1 Å². The number of benzene rings is 2. The Bertz CT molecular complexity index is 734. The van der Waals surface area contributed by atoms with Crippen LogP contribution in [0.25, 0.3) is 0 Å². The van der Waals surface area contributed by atoms with Crippen LogP contribution in [0.15, 0.2) is 72.8 Å². The van der Waals surface area contributed by atoms with Crippen molar-refractivity contribution >= 4 is 42.1 Å². The van der Waals surface area contributed by atoms with Gasteiger partial charge in [0.25, 0.3) is 0 Å². The van der Waals surface area contributed by atoms with Gasteiger partial charge in [0.2, 0.25) is 0 Å². The quantitative estimate of drug-likeness (QED) is 0.462. The van der Waals surface area contributed by atoms with E-state index in [1.54, 1.807) is 6.92 Å². The van der Waals surface area contributed by atoms with E-state index in [2.05, 4.69) is 57.0 Å². The van der Waals surface area contributed by atoms with E-state index in [1.165, 1.54) is 0 Å². The SMILES string of the molecule is C=C(C)C(=O)C[Si](C)(C)O[Si](O[Si](C)C)(c1ccccc1)c1ccccc1. The highest BCUT2D eigenvalue weighted by Crippen LogP contribution is 2.22. The fourth-order valence-electron chi connectivity index (χ4n) is 2.99. The normalized spacial score (nSPS) is 12.2. The third-order valence-electron chi connectivity index (χ3n) is 4.14. The molecule has 6 heteroatoms. The summed E-state index contributed by atoms with van der Waals surface area (Å²) in [5.74, 6) is 0.0780. The predicted octanol–water partition coefficient (Wildman–Crippen LogP) is 3.88. The van der Waals surface area contributed by atoms with Crippen molar-refractivity contribution in [3.05, 3.63) is 72.8 Å². The van der Waals surface area contributed by atoms with E-state index in [4.69, 9.17) is 8.23 Å². The van der Waals surface area contributed by atoms with Crippen molar-refractivity contribution in [1.82, 2.24) is 0 Å². The Morgan fingerprint density at radius 3 is 1.78 bits per heavy atom. The van der Waals surface area contributed by atoms with Gasteiger partial charge < -0.3 is 8.23 Å². The summed E-state index contributed by atoms with van der Waals surface area (Å²) in [5.41, 5.74) is 0.586. The van der Waals surface area contributed by atoms with E-state index in [1.807, 2.05) is 36.4 Å². The van der Waals surface area contributed by atoms with Crippen molar-refractivity contribution in [3.8, 4) is 0 Å². The van der Waals surface area contributed by atoms with Gasteiger partial charge in [-0.15, -0.1) is 0 Å². The molecule has 2 aromatic carbocycles. The van der Waals surface area contributed by atoms with Gasteiger partial charge in [0.1, 0.15) is 0 Å². The summed E-state index contributed by atoms with van der Waals surface area (Å²) in [5, 5.41) is 2.18. The molecule has 0 heterocycles. The van der Waals surface area contributed by atoms with Crippen molar-refractivity contribution in [2.75, 3.05) is 0 Å². The fraction of sp³-hybridized carbons (Fsp3) is 0.286. The molecule has 143 valence electrons. The molecule has 1 radical (unpaired) electrons. The first-order chi connectivity index (χ1) is 12.7. The predicted molar refractivity (Wildman–Crippen MR) is 120 cm³/mol. The maximum atomic E-state index is 12.4. The van der Waals surface area contributed by atoms with Crippen molar-refractivity contribution in [2.24, 2.45) is 0 Å². The lowest BCUT2D eigenvalue weighted by molar-refractivity contribution is -0.113. The van der Waals surface area contributed by atoms with Gasteiger partial charge in [-0.2, -0.15) is 0 Å². The largest absolute Gasteiger partial charge is 0.430 e. The molecular weight excluding hydrogens is 384 g/mol. The van der Waals surface area contributed by atoms with Gasteiger partial charge in [0.05, 0.1) is 0 Å². The van der Waals surface area contributed by atoms with Crippen LogP contribution in [-0.4, -0.2) is 31.7 Å².